The monoisotopic (exact) mass is 391 g/mol. The number of hydrogen-bond donors (Lipinski definition) is 0. The summed E-state index contributed by atoms with van der Waals surface area (Å²) < 4.78 is 32.3. The van der Waals surface area contributed by atoms with Gasteiger partial charge in [-0.1, -0.05) is 0 Å². The van der Waals surface area contributed by atoms with Crippen LogP contribution in [0.2, 0.25) is 0 Å². The molecule has 0 aliphatic rings. The van der Waals surface area contributed by atoms with Gasteiger partial charge in [-0.15, -0.1) is 0 Å². The van der Waals surface area contributed by atoms with E-state index in [2.05, 4.69) is 15.9 Å². The van der Waals surface area contributed by atoms with E-state index in [0.29, 0.717) is 10.8 Å². The summed E-state index contributed by atoms with van der Waals surface area (Å²) in [6.45, 7) is 7.13. The number of ether oxygens (including phenoxy) is 1. The second kappa shape index (κ2) is 6.30. The lowest BCUT2D eigenvalue weighted by Crippen LogP contribution is -2.38. The first-order chi connectivity index (χ1) is 9.95. The van der Waals surface area contributed by atoms with Gasteiger partial charge in [-0.3, -0.25) is 0 Å². The van der Waals surface area contributed by atoms with Crippen LogP contribution in [0.25, 0.3) is 0 Å². The van der Waals surface area contributed by atoms with Gasteiger partial charge in [-0.2, -0.15) is 5.26 Å². The zero-order valence-corrected chi connectivity index (χ0v) is 15.4. The van der Waals surface area contributed by atoms with E-state index in [0.717, 1.165) is 7.05 Å². The van der Waals surface area contributed by atoms with Crippen molar-refractivity contribution >= 4 is 32.0 Å². The SMILES string of the molecule is CCn1cc(S(=O)(=O)N(C)C(=O)OC(C)(C)C)c(Br)c1C#N. The first-order valence-electron chi connectivity index (χ1n) is 6.46. The standard InChI is InChI=1S/C13H18BrN3O4S/c1-6-17-8-10(11(14)9(17)7-15)22(19,20)16(5)12(18)21-13(2,3)4/h8H,6H2,1-5H3. The number of aryl methyl sites for hydroxylation is 1. The summed E-state index contributed by atoms with van der Waals surface area (Å²) in [7, 11) is -3.01. The predicted molar refractivity (Wildman–Crippen MR) is 83.7 cm³/mol. The predicted octanol–water partition coefficient (Wildman–Crippen LogP) is 2.70. The number of nitriles is 1. The topological polar surface area (TPSA) is 92.4 Å². The number of aromatic nitrogens is 1. The van der Waals surface area contributed by atoms with Gasteiger partial charge in [0.25, 0.3) is 10.0 Å². The first kappa shape index (κ1) is 18.5. The van der Waals surface area contributed by atoms with E-state index in [4.69, 9.17) is 10.00 Å². The van der Waals surface area contributed by atoms with E-state index < -0.39 is 21.7 Å². The largest absolute Gasteiger partial charge is 0.443 e. The Bertz CT molecular complexity index is 726. The number of carbonyl (C=O) groups excluding carboxylic acids is 1. The minimum absolute atomic E-state index is 0.132. The molecule has 0 atom stereocenters. The summed E-state index contributed by atoms with van der Waals surface area (Å²) in [5, 5.41) is 9.11. The summed E-state index contributed by atoms with van der Waals surface area (Å²) in [6.07, 6.45) is 0.334. The summed E-state index contributed by atoms with van der Waals surface area (Å²) in [4.78, 5) is 11.8. The smallest absolute Gasteiger partial charge is 0.424 e. The molecule has 22 heavy (non-hydrogen) atoms. The average molecular weight is 392 g/mol. The summed E-state index contributed by atoms with van der Waals surface area (Å²) >= 11 is 3.12. The molecule has 0 radical (unpaired) electrons. The molecule has 1 aromatic rings. The van der Waals surface area contributed by atoms with E-state index in [1.165, 1.54) is 10.8 Å². The second-order valence-corrected chi connectivity index (χ2v) is 8.24. The fourth-order valence-corrected chi connectivity index (χ4v) is 3.76. The lowest BCUT2D eigenvalue weighted by molar-refractivity contribution is 0.0420. The van der Waals surface area contributed by atoms with E-state index in [1.807, 2.05) is 6.07 Å². The van der Waals surface area contributed by atoms with Crippen LogP contribution < -0.4 is 0 Å². The minimum atomic E-state index is -4.12. The van der Waals surface area contributed by atoms with Gasteiger partial charge in [0, 0.05) is 19.8 Å². The number of sulfonamides is 1. The molecule has 122 valence electrons. The highest BCUT2D eigenvalue weighted by molar-refractivity contribution is 9.10. The summed E-state index contributed by atoms with van der Waals surface area (Å²) in [6, 6.07) is 1.93. The maximum atomic E-state index is 12.6. The van der Waals surface area contributed by atoms with Gasteiger partial charge in [0.15, 0.2) is 0 Å². The maximum Gasteiger partial charge on any atom is 0.424 e. The summed E-state index contributed by atoms with van der Waals surface area (Å²) in [5.74, 6) is 0. The molecule has 0 saturated heterocycles. The molecule has 7 nitrogen and oxygen atoms in total. The fraction of sp³-hybridized carbons (Fsp3) is 0.538. The molecular formula is C13H18BrN3O4S. The van der Waals surface area contributed by atoms with E-state index in [1.54, 1.807) is 27.7 Å². The van der Waals surface area contributed by atoms with Crippen molar-refractivity contribution in [3.63, 3.8) is 0 Å². The molecule has 9 heteroatoms. The molecule has 0 N–H and O–H groups in total. The Hall–Kier alpha value is -1.53. The highest BCUT2D eigenvalue weighted by Crippen LogP contribution is 2.30. The minimum Gasteiger partial charge on any atom is -0.443 e. The molecule has 0 unspecified atom stereocenters. The molecule has 1 aromatic heterocycles. The Balaban J connectivity index is 3.29. The molecule has 1 heterocycles. The van der Waals surface area contributed by atoms with Crippen LogP contribution >= 0.6 is 15.9 Å². The Morgan fingerprint density at radius 1 is 1.50 bits per heavy atom. The Morgan fingerprint density at radius 3 is 2.41 bits per heavy atom. The quantitative estimate of drug-likeness (QED) is 0.789. The molecular weight excluding hydrogens is 374 g/mol. The van der Waals surface area contributed by atoms with Crippen molar-refractivity contribution < 1.29 is 17.9 Å². The third-order valence-electron chi connectivity index (χ3n) is 2.72. The van der Waals surface area contributed by atoms with Gasteiger partial charge in [0.2, 0.25) is 0 Å². The van der Waals surface area contributed by atoms with E-state index in [9.17, 15) is 13.2 Å². The van der Waals surface area contributed by atoms with Crippen LogP contribution in [0.1, 0.15) is 33.4 Å². The Kier molecular flexibility index (Phi) is 5.30. The second-order valence-electron chi connectivity index (χ2n) is 5.51. The molecule has 0 saturated carbocycles. The molecule has 0 aliphatic heterocycles. The van der Waals surface area contributed by atoms with Crippen LogP contribution in [0, 0.1) is 11.3 Å². The highest BCUT2D eigenvalue weighted by atomic mass is 79.9. The number of amides is 1. The van der Waals surface area contributed by atoms with Gasteiger partial charge < -0.3 is 9.30 Å². The fourth-order valence-electron chi connectivity index (χ4n) is 1.62. The Morgan fingerprint density at radius 2 is 2.05 bits per heavy atom. The zero-order valence-electron chi connectivity index (χ0n) is 13.0. The van der Waals surface area contributed by atoms with Crippen LogP contribution in [0.5, 0.6) is 0 Å². The van der Waals surface area contributed by atoms with Crippen LogP contribution in [-0.4, -0.2) is 36.0 Å². The van der Waals surface area contributed by atoms with Gasteiger partial charge in [-0.25, -0.2) is 17.5 Å². The van der Waals surface area contributed by atoms with Crippen molar-refractivity contribution in [2.45, 2.75) is 44.7 Å². The third-order valence-corrected chi connectivity index (χ3v) is 5.52. The first-order valence-corrected chi connectivity index (χ1v) is 8.69. The van der Waals surface area contributed by atoms with E-state index >= 15 is 0 Å². The molecule has 0 aliphatic carbocycles. The summed E-state index contributed by atoms with van der Waals surface area (Å²) in [5.41, 5.74) is -0.635. The van der Waals surface area contributed by atoms with Crippen molar-refractivity contribution in [2.75, 3.05) is 7.05 Å². The van der Waals surface area contributed by atoms with Crippen LogP contribution in [-0.2, 0) is 21.3 Å². The van der Waals surface area contributed by atoms with Gasteiger partial charge in [0.1, 0.15) is 22.3 Å². The van der Waals surface area contributed by atoms with Gasteiger partial charge in [0.05, 0.1) is 4.47 Å². The molecule has 0 bridgehead atoms. The third kappa shape index (κ3) is 3.62. The van der Waals surface area contributed by atoms with Crippen LogP contribution in [0.15, 0.2) is 15.6 Å². The average Bonchev–Trinajstić information content (AvgIpc) is 2.72. The van der Waals surface area contributed by atoms with Gasteiger partial charge in [-0.05, 0) is 43.6 Å². The molecule has 0 spiro atoms. The van der Waals surface area contributed by atoms with Crippen LogP contribution in [0.4, 0.5) is 4.79 Å². The van der Waals surface area contributed by atoms with Crippen molar-refractivity contribution in [3.8, 4) is 6.07 Å². The lowest BCUT2D eigenvalue weighted by atomic mass is 10.2. The van der Waals surface area contributed by atoms with E-state index in [-0.39, 0.29) is 15.1 Å². The van der Waals surface area contributed by atoms with Crippen molar-refractivity contribution in [1.82, 2.24) is 8.87 Å². The van der Waals surface area contributed by atoms with Crippen LogP contribution in [0.3, 0.4) is 0 Å². The molecule has 1 amide bonds. The molecule has 0 fully saturated rings. The highest BCUT2D eigenvalue weighted by Gasteiger charge is 2.33. The number of hydrogen-bond acceptors (Lipinski definition) is 5. The van der Waals surface area contributed by atoms with Crippen molar-refractivity contribution in [2.24, 2.45) is 0 Å². The number of nitrogens with zero attached hydrogens (tertiary/aromatic N) is 3. The van der Waals surface area contributed by atoms with Crippen molar-refractivity contribution in [1.29, 1.82) is 5.26 Å². The number of rotatable bonds is 3. The maximum absolute atomic E-state index is 12.6. The van der Waals surface area contributed by atoms with Crippen molar-refractivity contribution in [3.05, 3.63) is 16.4 Å². The zero-order chi connectivity index (χ0) is 17.3. The number of halogens is 1. The molecule has 0 aromatic carbocycles. The number of carbonyl (C=O) groups is 1. The molecule has 1 rings (SSSR count). The van der Waals surface area contributed by atoms with Gasteiger partial charge >= 0.3 is 6.09 Å². The lowest BCUT2D eigenvalue weighted by Gasteiger charge is -2.24. The Labute approximate surface area is 138 Å². The normalized spacial score (nSPS) is 11.9.